The third-order valence-electron chi connectivity index (χ3n) is 3.17. The monoisotopic (exact) mass is 261 g/mol. The molecule has 0 bridgehead atoms. The summed E-state index contributed by atoms with van der Waals surface area (Å²) in [6.07, 6.45) is 2.49. The van der Waals surface area contributed by atoms with E-state index in [1.807, 2.05) is 12.1 Å². The van der Waals surface area contributed by atoms with Gasteiger partial charge in [0.2, 0.25) is 11.8 Å². The topological polar surface area (TPSA) is 84.2 Å². The molecule has 0 unspecified atom stereocenters. The predicted molar refractivity (Wildman–Crippen MR) is 73.8 cm³/mol. The number of rotatable bonds is 5. The van der Waals surface area contributed by atoms with Gasteiger partial charge in [0, 0.05) is 31.6 Å². The van der Waals surface area contributed by atoms with Crippen molar-refractivity contribution in [2.75, 3.05) is 18.4 Å². The first-order valence-electron chi connectivity index (χ1n) is 6.57. The van der Waals surface area contributed by atoms with E-state index in [2.05, 4.69) is 16.7 Å². The highest BCUT2D eigenvalue weighted by molar-refractivity contribution is 5.93. The number of hydrogen-bond donors (Lipinski definition) is 3. The van der Waals surface area contributed by atoms with Crippen LogP contribution in [-0.4, -0.2) is 24.9 Å². The van der Waals surface area contributed by atoms with Gasteiger partial charge in [0.15, 0.2) is 0 Å². The fourth-order valence-corrected chi connectivity index (χ4v) is 2.16. The fraction of sp³-hybridized carbons (Fsp3) is 0.429. The molecule has 0 spiro atoms. The lowest BCUT2D eigenvalue weighted by Gasteiger charge is -2.17. The van der Waals surface area contributed by atoms with Gasteiger partial charge >= 0.3 is 0 Å². The fourth-order valence-electron chi connectivity index (χ4n) is 2.16. The first-order valence-corrected chi connectivity index (χ1v) is 6.57. The van der Waals surface area contributed by atoms with Crippen LogP contribution in [0.1, 0.15) is 24.0 Å². The number of carbonyl (C=O) groups excluding carboxylic acids is 2. The predicted octanol–water partition coefficient (Wildman–Crippen LogP) is 0.579. The molecule has 1 aliphatic heterocycles. The van der Waals surface area contributed by atoms with Gasteiger partial charge in [-0.2, -0.15) is 0 Å². The van der Waals surface area contributed by atoms with Crippen molar-refractivity contribution in [3.05, 3.63) is 29.3 Å². The van der Waals surface area contributed by atoms with E-state index in [0.29, 0.717) is 25.9 Å². The lowest BCUT2D eigenvalue weighted by Crippen LogP contribution is -2.27. The average molecular weight is 261 g/mol. The maximum absolute atomic E-state index is 11.3. The van der Waals surface area contributed by atoms with Crippen molar-refractivity contribution >= 4 is 17.5 Å². The number of carbonyl (C=O) groups is 2. The van der Waals surface area contributed by atoms with E-state index in [1.165, 1.54) is 11.1 Å². The second-order valence-electron chi connectivity index (χ2n) is 4.68. The van der Waals surface area contributed by atoms with Crippen molar-refractivity contribution in [2.45, 2.75) is 25.7 Å². The second-order valence-corrected chi connectivity index (χ2v) is 4.68. The maximum Gasteiger partial charge on any atom is 0.224 e. The molecule has 0 aromatic heterocycles. The van der Waals surface area contributed by atoms with E-state index in [1.54, 1.807) is 0 Å². The van der Waals surface area contributed by atoms with Gasteiger partial charge in [-0.25, -0.2) is 0 Å². The first kappa shape index (κ1) is 13.5. The van der Waals surface area contributed by atoms with Crippen molar-refractivity contribution in [3.63, 3.8) is 0 Å². The summed E-state index contributed by atoms with van der Waals surface area (Å²) < 4.78 is 0. The molecule has 0 saturated heterocycles. The molecule has 5 nitrogen and oxygen atoms in total. The Morgan fingerprint density at radius 3 is 3.00 bits per heavy atom. The summed E-state index contributed by atoms with van der Waals surface area (Å²) in [7, 11) is 0. The molecule has 0 atom stereocenters. The van der Waals surface area contributed by atoms with Gasteiger partial charge in [0.1, 0.15) is 0 Å². The Morgan fingerprint density at radius 1 is 1.37 bits per heavy atom. The van der Waals surface area contributed by atoms with Crippen LogP contribution in [0.2, 0.25) is 0 Å². The Balaban J connectivity index is 1.88. The standard InChI is InChI=1S/C14H19N3O2/c15-7-5-13(18)16-8-6-10-1-3-12-11(9-10)2-4-14(19)17-12/h1,3,9H,2,4-8,15H2,(H,16,18)(H,17,19). The van der Waals surface area contributed by atoms with Crippen LogP contribution in [0.25, 0.3) is 0 Å². The molecule has 102 valence electrons. The molecule has 0 saturated carbocycles. The minimum absolute atomic E-state index is 0.00674. The van der Waals surface area contributed by atoms with Crippen LogP contribution >= 0.6 is 0 Å². The van der Waals surface area contributed by atoms with Crippen LogP contribution in [0.4, 0.5) is 5.69 Å². The van der Waals surface area contributed by atoms with Crippen LogP contribution in [0.15, 0.2) is 18.2 Å². The molecule has 0 aliphatic carbocycles. The van der Waals surface area contributed by atoms with Gasteiger partial charge in [0.05, 0.1) is 0 Å². The normalized spacial score (nSPS) is 13.6. The second kappa shape index (κ2) is 6.33. The number of hydrogen-bond acceptors (Lipinski definition) is 3. The number of aryl methyl sites for hydroxylation is 1. The Bertz CT molecular complexity index is 486. The lowest BCUT2D eigenvalue weighted by atomic mass is 9.99. The largest absolute Gasteiger partial charge is 0.356 e. The van der Waals surface area contributed by atoms with Gasteiger partial charge in [-0.1, -0.05) is 12.1 Å². The molecule has 2 rings (SSSR count). The molecular formula is C14H19N3O2. The Kier molecular flexibility index (Phi) is 4.52. The number of nitrogens with one attached hydrogen (secondary N) is 2. The quantitative estimate of drug-likeness (QED) is 0.725. The molecule has 0 radical (unpaired) electrons. The van der Waals surface area contributed by atoms with Crippen molar-refractivity contribution in [3.8, 4) is 0 Å². The molecule has 1 aromatic rings. The molecule has 0 fully saturated rings. The third-order valence-corrected chi connectivity index (χ3v) is 3.17. The summed E-state index contributed by atoms with van der Waals surface area (Å²) in [5, 5.41) is 5.69. The summed E-state index contributed by atoms with van der Waals surface area (Å²) in [6.45, 7) is 0.994. The summed E-state index contributed by atoms with van der Waals surface area (Å²) in [4.78, 5) is 22.5. The zero-order valence-corrected chi connectivity index (χ0v) is 10.9. The van der Waals surface area contributed by atoms with Gasteiger partial charge < -0.3 is 16.4 Å². The number of fused-ring (bicyclic) bond motifs is 1. The first-order chi connectivity index (χ1) is 9.19. The zero-order valence-electron chi connectivity index (χ0n) is 10.9. The Labute approximate surface area is 112 Å². The van der Waals surface area contributed by atoms with E-state index in [-0.39, 0.29) is 11.8 Å². The minimum Gasteiger partial charge on any atom is -0.356 e. The highest BCUT2D eigenvalue weighted by Gasteiger charge is 2.14. The minimum atomic E-state index is -0.00674. The molecule has 1 heterocycles. The molecule has 2 amide bonds. The van der Waals surface area contributed by atoms with Gasteiger partial charge in [-0.3, -0.25) is 9.59 Å². The SMILES string of the molecule is NCCC(=O)NCCc1ccc2c(c1)CCC(=O)N2. The highest BCUT2D eigenvalue weighted by atomic mass is 16.2. The van der Waals surface area contributed by atoms with Gasteiger partial charge in [-0.05, 0) is 30.0 Å². The molecule has 1 aromatic carbocycles. The van der Waals surface area contributed by atoms with E-state index in [9.17, 15) is 9.59 Å². The Morgan fingerprint density at radius 2 is 2.21 bits per heavy atom. The van der Waals surface area contributed by atoms with Crippen LogP contribution in [0.5, 0.6) is 0 Å². The maximum atomic E-state index is 11.3. The molecule has 4 N–H and O–H groups in total. The summed E-state index contributed by atoms with van der Waals surface area (Å²) >= 11 is 0. The molecule has 1 aliphatic rings. The number of amides is 2. The van der Waals surface area contributed by atoms with Crippen molar-refractivity contribution in [2.24, 2.45) is 5.73 Å². The summed E-state index contributed by atoms with van der Waals surface area (Å²) in [5.74, 6) is 0.0713. The van der Waals surface area contributed by atoms with Gasteiger partial charge in [0.25, 0.3) is 0 Å². The lowest BCUT2D eigenvalue weighted by molar-refractivity contribution is -0.121. The van der Waals surface area contributed by atoms with Crippen LogP contribution < -0.4 is 16.4 Å². The molecular weight excluding hydrogens is 242 g/mol. The van der Waals surface area contributed by atoms with Crippen LogP contribution in [-0.2, 0) is 22.4 Å². The van der Waals surface area contributed by atoms with Gasteiger partial charge in [-0.15, -0.1) is 0 Å². The number of anilines is 1. The Hall–Kier alpha value is -1.88. The molecule has 19 heavy (non-hydrogen) atoms. The third kappa shape index (κ3) is 3.79. The van der Waals surface area contributed by atoms with E-state index < -0.39 is 0 Å². The van der Waals surface area contributed by atoms with Crippen molar-refractivity contribution in [1.82, 2.24) is 5.32 Å². The van der Waals surface area contributed by atoms with E-state index in [0.717, 1.165) is 18.5 Å². The summed E-state index contributed by atoms with van der Waals surface area (Å²) in [6, 6.07) is 6.02. The number of benzene rings is 1. The van der Waals surface area contributed by atoms with Crippen molar-refractivity contribution in [1.29, 1.82) is 0 Å². The smallest absolute Gasteiger partial charge is 0.224 e. The van der Waals surface area contributed by atoms with Crippen LogP contribution in [0.3, 0.4) is 0 Å². The summed E-state index contributed by atoms with van der Waals surface area (Å²) in [5.41, 5.74) is 8.55. The van der Waals surface area contributed by atoms with Crippen LogP contribution in [0, 0.1) is 0 Å². The van der Waals surface area contributed by atoms with E-state index in [4.69, 9.17) is 5.73 Å². The number of nitrogens with two attached hydrogens (primary N) is 1. The zero-order chi connectivity index (χ0) is 13.7. The van der Waals surface area contributed by atoms with E-state index >= 15 is 0 Å². The molecule has 5 heteroatoms. The highest BCUT2D eigenvalue weighted by Crippen LogP contribution is 2.23. The average Bonchev–Trinajstić information content (AvgIpc) is 2.39. The van der Waals surface area contributed by atoms with Crippen molar-refractivity contribution < 1.29 is 9.59 Å².